The largest absolute Gasteiger partial charge is 0.493 e. The van der Waals surface area contributed by atoms with E-state index in [-0.39, 0.29) is 6.29 Å². The van der Waals surface area contributed by atoms with Crippen LogP contribution in [0.4, 0.5) is 0 Å². The predicted octanol–water partition coefficient (Wildman–Crippen LogP) is 2.40. The molecule has 0 atom stereocenters. The lowest BCUT2D eigenvalue weighted by atomic mass is 10.1. The molecule has 1 aromatic carbocycles. The van der Waals surface area contributed by atoms with Crippen LogP contribution in [0.3, 0.4) is 0 Å². The Labute approximate surface area is 107 Å². The van der Waals surface area contributed by atoms with E-state index in [2.05, 4.69) is 6.07 Å². The molecule has 0 unspecified atom stereocenters. The first-order valence-corrected chi connectivity index (χ1v) is 6.16. The van der Waals surface area contributed by atoms with Crippen molar-refractivity contribution in [1.29, 1.82) is 5.26 Å². The molecule has 0 saturated carbocycles. The summed E-state index contributed by atoms with van der Waals surface area (Å²) in [4.78, 5) is 0. The van der Waals surface area contributed by atoms with Gasteiger partial charge in [0.25, 0.3) is 0 Å². The van der Waals surface area contributed by atoms with Crippen molar-refractivity contribution < 1.29 is 14.2 Å². The summed E-state index contributed by atoms with van der Waals surface area (Å²) < 4.78 is 16.5. The third-order valence-electron chi connectivity index (χ3n) is 2.82. The number of hydrogen-bond acceptors (Lipinski definition) is 4. The SMILES string of the molecule is Cc1ccc(C#N)cc1OCCC1OCCCO1. The maximum Gasteiger partial charge on any atom is 0.160 e. The second-order valence-electron chi connectivity index (χ2n) is 4.25. The van der Waals surface area contributed by atoms with E-state index in [0.717, 1.165) is 30.9 Å². The quantitative estimate of drug-likeness (QED) is 0.819. The molecule has 0 spiro atoms. The van der Waals surface area contributed by atoms with Crippen LogP contribution in [0, 0.1) is 18.3 Å². The molecule has 1 aliphatic rings. The summed E-state index contributed by atoms with van der Waals surface area (Å²) in [6.45, 7) is 4.01. The lowest BCUT2D eigenvalue weighted by Gasteiger charge is -2.23. The van der Waals surface area contributed by atoms with Crippen molar-refractivity contribution in [3.05, 3.63) is 29.3 Å². The Morgan fingerprint density at radius 3 is 2.89 bits per heavy atom. The molecule has 0 bridgehead atoms. The van der Waals surface area contributed by atoms with Crippen LogP contribution < -0.4 is 4.74 Å². The van der Waals surface area contributed by atoms with Gasteiger partial charge in [0.15, 0.2) is 6.29 Å². The van der Waals surface area contributed by atoms with Gasteiger partial charge in [0.1, 0.15) is 5.75 Å². The Balaban J connectivity index is 1.84. The number of benzene rings is 1. The molecule has 4 heteroatoms. The minimum absolute atomic E-state index is 0.154. The van der Waals surface area contributed by atoms with Crippen molar-refractivity contribution in [3.63, 3.8) is 0 Å². The minimum Gasteiger partial charge on any atom is -0.493 e. The summed E-state index contributed by atoms with van der Waals surface area (Å²) in [6, 6.07) is 7.54. The highest BCUT2D eigenvalue weighted by Crippen LogP contribution is 2.20. The van der Waals surface area contributed by atoms with Gasteiger partial charge in [0.2, 0.25) is 0 Å². The Hall–Kier alpha value is -1.57. The Bertz CT molecular complexity index is 433. The molecule has 4 nitrogen and oxygen atoms in total. The fourth-order valence-electron chi connectivity index (χ4n) is 1.79. The maximum absolute atomic E-state index is 8.84. The monoisotopic (exact) mass is 247 g/mol. The zero-order valence-corrected chi connectivity index (χ0v) is 10.5. The van der Waals surface area contributed by atoms with Crippen molar-refractivity contribution in [3.8, 4) is 11.8 Å². The molecule has 2 rings (SSSR count). The Morgan fingerprint density at radius 2 is 2.17 bits per heavy atom. The van der Waals surface area contributed by atoms with Gasteiger partial charge in [-0.15, -0.1) is 0 Å². The molecule has 96 valence electrons. The van der Waals surface area contributed by atoms with Crippen molar-refractivity contribution in [2.45, 2.75) is 26.1 Å². The van der Waals surface area contributed by atoms with Gasteiger partial charge in [0.05, 0.1) is 31.5 Å². The second-order valence-corrected chi connectivity index (χ2v) is 4.25. The van der Waals surface area contributed by atoms with Gasteiger partial charge in [-0.2, -0.15) is 5.26 Å². The maximum atomic E-state index is 8.84. The normalized spacial score (nSPS) is 16.2. The van der Waals surface area contributed by atoms with Crippen LogP contribution in [-0.2, 0) is 9.47 Å². The molecule has 0 radical (unpaired) electrons. The summed E-state index contributed by atoms with van der Waals surface area (Å²) in [6.07, 6.45) is 1.51. The van der Waals surface area contributed by atoms with E-state index in [0.29, 0.717) is 18.6 Å². The van der Waals surface area contributed by atoms with Gasteiger partial charge in [-0.1, -0.05) is 6.07 Å². The average molecular weight is 247 g/mol. The summed E-state index contributed by atoms with van der Waals surface area (Å²) >= 11 is 0. The fraction of sp³-hybridized carbons (Fsp3) is 0.500. The van der Waals surface area contributed by atoms with Gasteiger partial charge in [-0.3, -0.25) is 0 Å². The van der Waals surface area contributed by atoms with Crippen LogP contribution in [0.5, 0.6) is 5.75 Å². The van der Waals surface area contributed by atoms with E-state index in [9.17, 15) is 0 Å². The molecule has 1 heterocycles. The van der Waals surface area contributed by atoms with Crippen LogP contribution in [0.25, 0.3) is 0 Å². The first kappa shape index (κ1) is 12.9. The smallest absolute Gasteiger partial charge is 0.160 e. The van der Waals surface area contributed by atoms with Gasteiger partial charge in [-0.25, -0.2) is 0 Å². The summed E-state index contributed by atoms with van der Waals surface area (Å²) in [5.74, 6) is 0.754. The van der Waals surface area contributed by atoms with Crippen LogP contribution in [-0.4, -0.2) is 26.1 Å². The molecule has 1 saturated heterocycles. The number of hydrogen-bond donors (Lipinski definition) is 0. The molecule has 1 aliphatic heterocycles. The zero-order chi connectivity index (χ0) is 12.8. The standard InChI is InChI=1S/C14H17NO3/c1-11-3-4-12(10-15)9-13(11)16-8-5-14-17-6-2-7-18-14/h3-4,9,14H,2,5-8H2,1H3. The van der Waals surface area contributed by atoms with Gasteiger partial charge in [-0.05, 0) is 31.0 Å². The molecular weight excluding hydrogens is 230 g/mol. The van der Waals surface area contributed by atoms with E-state index in [4.69, 9.17) is 19.5 Å². The topological polar surface area (TPSA) is 51.5 Å². The molecule has 1 aromatic rings. The highest BCUT2D eigenvalue weighted by Gasteiger charge is 2.14. The van der Waals surface area contributed by atoms with Gasteiger partial charge in [0, 0.05) is 6.42 Å². The second kappa shape index (κ2) is 6.39. The van der Waals surface area contributed by atoms with Crippen LogP contribution in [0.2, 0.25) is 0 Å². The van der Waals surface area contributed by atoms with Crippen molar-refractivity contribution >= 4 is 0 Å². The number of rotatable bonds is 4. The van der Waals surface area contributed by atoms with Crippen LogP contribution >= 0.6 is 0 Å². The summed E-state index contributed by atoms with van der Waals surface area (Å²) in [5, 5.41) is 8.84. The van der Waals surface area contributed by atoms with E-state index < -0.39 is 0 Å². The Kier molecular flexibility index (Phi) is 4.57. The van der Waals surface area contributed by atoms with E-state index in [1.165, 1.54) is 0 Å². The van der Waals surface area contributed by atoms with E-state index in [1.54, 1.807) is 12.1 Å². The third-order valence-corrected chi connectivity index (χ3v) is 2.82. The lowest BCUT2D eigenvalue weighted by molar-refractivity contribution is -0.183. The molecular formula is C14H17NO3. The molecule has 18 heavy (non-hydrogen) atoms. The number of aryl methyl sites for hydroxylation is 1. The van der Waals surface area contributed by atoms with Crippen molar-refractivity contribution in [2.24, 2.45) is 0 Å². The van der Waals surface area contributed by atoms with E-state index >= 15 is 0 Å². The van der Waals surface area contributed by atoms with Gasteiger partial charge < -0.3 is 14.2 Å². The molecule has 0 N–H and O–H groups in total. The van der Waals surface area contributed by atoms with E-state index in [1.807, 2.05) is 13.0 Å². The van der Waals surface area contributed by atoms with Crippen LogP contribution in [0.15, 0.2) is 18.2 Å². The molecule has 0 aromatic heterocycles. The van der Waals surface area contributed by atoms with Gasteiger partial charge >= 0.3 is 0 Å². The Morgan fingerprint density at radius 1 is 1.39 bits per heavy atom. The number of nitrogens with zero attached hydrogens (tertiary/aromatic N) is 1. The predicted molar refractivity (Wildman–Crippen MR) is 66.3 cm³/mol. The first-order valence-electron chi connectivity index (χ1n) is 6.16. The highest BCUT2D eigenvalue weighted by molar-refractivity contribution is 5.41. The minimum atomic E-state index is -0.154. The number of ether oxygens (including phenoxy) is 3. The fourth-order valence-corrected chi connectivity index (χ4v) is 1.79. The van der Waals surface area contributed by atoms with Crippen molar-refractivity contribution in [2.75, 3.05) is 19.8 Å². The zero-order valence-electron chi connectivity index (χ0n) is 10.5. The van der Waals surface area contributed by atoms with Crippen molar-refractivity contribution in [1.82, 2.24) is 0 Å². The third kappa shape index (κ3) is 3.46. The summed E-state index contributed by atoms with van der Waals surface area (Å²) in [5.41, 5.74) is 1.64. The highest BCUT2D eigenvalue weighted by atomic mass is 16.7. The molecule has 1 fully saturated rings. The number of nitriles is 1. The average Bonchev–Trinajstić information content (AvgIpc) is 2.42. The van der Waals surface area contributed by atoms with Crippen LogP contribution in [0.1, 0.15) is 24.0 Å². The summed E-state index contributed by atoms with van der Waals surface area (Å²) in [7, 11) is 0. The molecule has 0 amide bonds. The lowest BCUT2D eigenvalue weighted by Crippen LogP contribution is -2.26. The molecule has 0 aliphatic carbocycles. The first-order chi connectivity index (χ1) is 8.79.